The SMILES string of the molecule is CN(C)C(CNC(=O)C1CC12CCNCC2)c1ccccc1.Cl.Cl. The number of benzene rings is 1. The van der Waals surface area contributed by atoms with E-state index in [2.05, 4.69) is 53.9 Å². The van der Waals surface area contributed by atoms with Crippen molar-refractivity contribution in [2.24, 2.45) is 11.3 Å². The zero-order chi connectivity index (χ0) is 15.6. The maximum absolute atomic E-state index is 12.5. The maximum Gasteiger partial charge on any atom is 0.223 e. The molecule has 1 saturated heterocycles. The van der Waals surface area contributed by atoms with E-state index in [9.17, 15) is 4.79 Å². The Labute approximate surface area is 157 Å². The first kappa shape index (κ1) is 21.2. The van der Waals surface area contributed by atoms with Crippen LogP contribution in [0.1, 0.15) is 30.9 Å². The Kier molecular flexibility index (Phi) is 8.00. The van der Waals surface area contributed by atoms with Crippen LogP contribution in [0, 0.1) is 11.3 Å². The van der Waals surface area contributed by atoms with E-state index in [1.54, 1.807) is 0 Å². The molecule has 1 saturated carbocycles. The predicted octanol–water partition coefficient (Wildman–Crippen LogP) is 2.64. The van der Waals surface area contributed by atoms with Crippen LogP contribution in [0.5, 0.6) is 0 Å². The summed E-state index contributed by atoms with van der Waals surface area (Å²) in [6.45, 7) is 2.81. The molecule has 4 nitrogen and oxygen atoms in total. The van der Waals surface area contributed by atoms with Crippen LogP contribution in [0.4, 0.5) is 0 Å². The van der Waals surface area contributed by atoms with Crippen molar-refractivity contribution in [3.63, 3.8) is 0 Å². The normalized spacial score (nSPS) is 22.2. The van der Waals surface area contributed by atoms with E-state index in [0.717, 1.165) is 32.4 Å². The molecule has 1 aliphatic carbocycles. The van der Waals surface area contributed by atoms with E-state index in [-0.39, 0.29) is 42.7 Å². The van der Waals surface area contributed by atoms with E-state index in [1.165, 1.54) is 5.56 Å². The maximum atomic E-state index is 12.5. The number of hydrogen-bond donors (Lipinski definition) is 2. The summed E-state index contributed by atoms with van der Waals surface area (Å²) in [6, 6.07) is 10.6. The quantitative estimate of drug-likeness (QED) is 0.833. The lowest BCUT2D eigenvalue weighted by Gasteiger charge is -2.26. The van der Waals surface area contributed by atoms with Gasteiger partial charge >= 0.3 is 0 Å². The highest BCUT2D eigenvalue weighted by atomic mass is 35.5. The van der Waals surface area contributed by atoms with Gasteiger partial charge in [-0.25, -0.2) is 0 Å². The van der Waals surface area contributed by atoms with Crippen LogP contribution in [-0.4, -0.2) is 44.5 Å². The minimum Gasteiger partial charge on any atom is -0.354 e. The van der Waals surface area contributed by atoms with E-state index in [1.807, 2.05) is 6.07 Å². The van der Waals surface area contributed by atoms with Gasteiger partial charge in [0, 0.05) is 12.5 Å². The van der Waals surface area contributed by atoms with Gasteiger partial charge in [-0.3, -0.25) is 4.79 Å². The van der Waals surface area contributed by atoms with Crippen LogP contribution >= 0.6 is 24.8 Å². The van der Waals surface area contributed by atoms with Crippen LogP contribution in [0.15, 0.2) is 30.3 Å². The molecule has 0 radical (unpaired) electrons. The third-order valence-corrected chi connectivity index (χ3v) is 5.38. The number of halogens is 2. The Morgan fingerprint density at radius 3 is 2.46 bits per heavy atom. The number of nitrogens with one attached hydrogen (secondary N) is 2. The van der Waals surface area contributed by atoms with Crippen molar-refractivity contribution < 1.29 is 4.79 Å². The molecule has 1 aromatic rings. The molecule has 2 atom stereocenters. The molecular weight excluding hydrogens is 345 g/mol. The lowest BCUT2D eigenvalue weighted by atomic mass is 9.91. The largest absolute Gasteiger partial charge is 0.354 e. The Hall–Kier alpha value is -0.810. The average molecular weight is 374 g/mol. The summed E-state index contributed by atoms with van der Waals surface area (Å²) in [5.74, 6) is 0.498. The van der Waals surface area contributed by atoms with Crippen LogP contribution < -0.4 is 10.6 Å². The highest BCUT2D eigenvalue weighted by Gasteiger charge is 2.57. The van der Waals surface area contributed by atoms with Gasteiger partial charge in [0.2, 0.25) is 5.91 Å². The van der Waals surface area contributed by atoms with E-state index in [4.69, 9.17) is 0 Å². The summed E-state index contributed by atoms with van der Waals surface area (Å²) in [7, 11) is 4.13. The second-order valence-electron chi connectivity index (χ2n) is 7.00. The minimum atomic E-state index is 0. The van der Waals surface area contributed by atoms with Gasteiger partial charge in [0.1, 0.15) is 0 Å². The number of carbonyl (C=O) groups is 1. The van der Waals surface area contributed by atoms with Gasteiger partial charge in [-0.15, -0.1) is 24.8 Å². The first-order valence-electron chi connectivity index (χ1n) is 8.32. The first-order valence-corrected chi connectivity index (χ1v) is 8.32. The summed E-state index contributed by atoms with van der Waals surface area (Å²) in [5.41, 5.74) is 1.57. The third kappa shape index (κ3) is 4.63. The summed E-state index contributed by atoms with van der Waals surface area (Å²) >= 11 is 0. The summed E-state index contributed by atoms with van der Waals surface area (Å²) in [5, 5.41) is 6.58. The fourth-order valence-corrected chi connectivity index (χ4v) is 3.79. The molecule has 1 spiro atoms. The second kappa shape index (κ2) is 9.04. The van der Waals surface area contributed by atoms with Crippen molar-refractivity contribution in [1.29, 1.82) is 0 Å². The van der Waals surface area contributed by atoms with Gasteiger partial charge in [0.25, 0.3) is 0 Å². The van der Waals surface area contributed by atoms with Crippen LogP contribution in [-0.2, 0) is 4.79 Å². The van der Waals surface area contributed by atoms with E-state index < -0.39 is 0 Å². The predicted molar refractivity (Wildman–Crippen MR) is 103 cm³/mol. The van der Waals surface area contributed by atoms with E-state index in [0.29, 0.717) is 12.0 Å². The van der Waals surface area contributed by atoms with Crippen molar-refractivity contribution in [1.82, 2.24) is 15.5 Å². The lowest BCUT2D eigenvalue weighted by Crippen LogP contribution is -2.37. The fraction of sp³-hybridized carbons (Fsp3) is 0.611. The number of piperidine rings is 1. The Balaban J connectivity index is 0.00000144. The van der Waals surface area contributed by atoms with Crippen molar-refractivity contribution >= 4 is 30.7 Å². The van der Waals surface area contributed by atoms with Gasteiger partial charge in [0.05, 0.1) is 6.04 Å². The number of rotatable bonds is 5. The molecule has 2 N–H and O–H groups in total. The van der Waals surface area contributed by atoms with Gasteiger partial charge in [0.15, 0.2) is 0 Å². The minimum absolute atomic E-state index is 0. The molecule has 0 bridgehead atoms. The van der Waals surface area contributed by atoms with Crippen LogP contribution in [0.2, 0.25) is 0 Å². The molecule has 2 aliphatic rings. The zero-order valence-electron chi connectivity index (χ0n) is 14.5. The Morgan fingerprint density at radius 2 is 1.88 bits per heavy atom. The molecule has 3 rings (SSSR count). The molecule has 2 fully saturated rings. The Bertz CT molecular complexity index is 518. The first-order chi connectivity index (χ1) is 10.6. The standard InChI is InChI=1S/C18H27N3O.2ClH/c1-21(2)16(14-6-4-3-5-7-14)13-20-17(22)15-12-18(15)8-10-19-11-9-18;;/h3-7,15-16,19H,8-13H2,1-2H3,(H,20,22);2*1H. The number of likely N-dealkylation sites (N-methyl/N-ethyl adjacent to an activating group) is 1. The monoisotopic (exact) mass is 373 g/mol. The smallest absolute Gasteiger partial charge is 0.223 e. The van der Waals surface area contributed by atoms with Crippen molar-refractivity contribution in [2.75, 3.05) is 33.7 Å². The van der Waals surface area contributed by atoms with Crippen LogP contribution in [0.3, 0.4) is 0 Å². The highest BCUT2D eigenvalue weighted by molar-refractivity contribution is 5.85. The molecule has 24 heavy (non-hydrogen) atoms. The molecule has 1 amide bonds. The summed E-state index contributed by atoms with van der Waals surface area (Å²) < 4.78 is 0. The second-order valence-corrected chi connectivity index (χ2v) is 7.00. The topological polar surface area (TPSA) is 44.4 Å². The van der Waals surface area contributed by atoms with Crippen molar-refractivity contribution in [3.8, 4) is 0 Å². The molecule has 136 valence electrons. The van der Waals surface area contributed by atoms with Crippen molar-refractivity contribution in [3.05, 3.63) is 35.9 Å². The third-order valence-electron chi connectivity index (χ3n) is 5.38. The molecule has 1 aromatic carbocycles. The fourth-order valence-electron chi connectivity index (χ4n) is 3.79. The van der Waals surface area contributed by atoms with Crippen molar-refractivity contribution in [2.45, 2.75) is 25.3 Å². The molecule has 1 heterocycles. The highest BCUT2D eigenvalue weighted by Crippen LogP contribution is 2.58. The van der Waals surface area contributed by atoms with Gasteiger partial charge in [-0.1, -0.05) is 30.3 Å². The number of nitrogens with zero attached hydrogens (tertiary/aromatic N) is 1. The van der Waals surface area contributed by atoms with Gasteiger partial charge in [-0.05, 0) is 57.4 Å². The number of carbonyl (C=O) groups excluding carboxylic acids is 1. The molecule has 0 aromatic heterocycles. The van der Waals surface area contributed by atoms with E-state index >= 15 is 0 Å². The Morgan fingerprint density at radius 1 is 1.25 bits per heavy atom. The van der Waals surface area contributed by atoms with Crippen LogP contribution in [0.25, 0.3) is 0 Å². The molecular formula is C18H29Cl2N3O. The molecule has 6 heteroatoms. The summed E-state index contributed by atoms with van der Waals surface area (Å²) in [6.07, 6.45) is 3.39. The molecule has 1 aliphatic heterocycles. The number of amides is 1. The summed E-state index contributed by atoms with van der Waals surface area (Å²) in [4.78, 5) is 14.7. The van der Waals surface area contributed by atoms with Gasteiger partial charge < -0.3 is 15.5 Å². The zero-order valence-corrected chi connectivity index (χ0v) is 16.1. The number of hydrogen-bond acceptors (Lipinski definition) is 3. The average Bonchev–Trinajstić information content (AvgIpc) is 3.22. The lowest BCUT2D eigenvalue weighted by molar-refractivity contribution is -0.123. The van der Waals surface area contributed by atoms with Gasteiger partial charge in [-0.2, -0.15) is 0 Å². The molecule has 2 unspecified atom stereocenters.